The molecule has 1 aliphatic rings. The highest BCUT2D eigenvalue weighted by atomic mass is 16.4. The van der Waals surface area contributed by atoms with E-state index in [4.69, 9.17) is 5.11 Å². The first kappa shape index (κ1) is 13.0. The summed E-state index contributed by atoms with van der Waals surface area (Å²) in [5.41, 5.74) is 0. The zero-order valence-corrected chi connectivity index (χ0v) is 10.6. The van der Waals surface area contributed by atoms with Gasteiger partial charge in [0.1, 0.15) is 12.2 Å². The third kappa shape index (κ3) is 3.51. The standard InChI is InChI=1S/C11H19N5O2/c1-14-10(12-9-13-14)8-16-6-4-15(5-7-16)3-2-11(17)18/h9H,2-8H2,1H3,(H,17,18). The summed E-state index contributed by atoms with van der Waals surface area (Å²) >= 11 is 0. The molecule has 1 fully saturated rings. The smallest absolute Gasteiger partial charge is 0.304 e. The van der Waals surface area contributed by atoms with Crippen LogP contribution in [0.25, 0.3) is 0 Å². The Hall–Kier alpha value is -1.47. The molecular weight excluding hydrogens is 234 g/mol. The van der Waals surface area contributed by atoms with E-state index in [0.29, 0.717) is 6.54 Å². The minimum atomic E-state index is -0.725. The van der Waals surface area contributed by atoms with E-state index in [-0.39, 0.29) is 6.42 Å². The van der Waals surface area contributed by atoms with Crippen molar-refractivity contribution in [2.75, 3.05) is 32.7 Å². The van der Waals surface area contributed by atoms with E-state index < -0.39 is 5.97 Å². The number of piperazine rings is 1. The molecule has 0 amide bonds. The minimum Gasteiger partial charge on any atom is -0.481 e. The Labute approximate surface area is 106 Å². The Morgan fingerprint density at radius 1 is 1.33 bits per heavy atom. The summed E-state index contributed by atoms with van der Waals surface area (Å²) in [7, 11) is 1.89. The number of hydrogen-bond acceptors (Lipinski definition) is 5. The lowest BCUT2D eigenvalue weighted by Gasteiger charge is -2.34. The highest BCUT2D eigenvalue weighted by Gasteiger charge is 2.18. The van der Waals surface area contributed by atoms with Crippen molar-refractivity contribution in [1.82, 2.24) is 24.6 Å². The van der Waals surface area contributed by atoms with Crippen LogP contribution in [0.1, 0.15) is 12.2 Å². The topological polar surface area (TPSA) is 74.5 Å². The molecule has 0 unspecified atom stereocenters. The average molecular weight is 253 g/mol. The van der Waals surface area contributed by atoms with E-state index >= 15 is 0 Å². The van der Waals surface area contributed by atoms with Gasteiger partial charge in [0.2, 0.25) is 0 Å². The van der Waals surface area contributed by atoms with Gasteiger partial charge in [-0.1, -0.05) is 0 Å². The second-order valence-corrected chi connectivity index (χ2v) is 4.56. The monoisotopic (exact) mass is 253 g/mol. The minimum absolute atomic E-state index is 0.225. The van der Waals surface area contributed by atoms with Crippen molar-refractivity contribution in [2.45, 2.75) is 13.0 Å². The molecule has 0 radical (unpaired) electrons. The van der Waals surface area contributed by atoms with Crippen LogP contribution in [0.2, 0.25) is 0 Å². The molecule has 0 saturated carbocycles. The fourth-order valence-electron chi connectivity index (χ4n) is 2.09. The molecular formula is C11H19N5O2. The molecule has 18 heavy (non-hydrogen) atoms. The number of rotatable bonds is 5. The fraction of sp³-hybridized carbons (Fsp3) is 0.727. The number of carboxylic acids is 1. The molecule has 2 rings (SSSR count). The van der Waals surface area contributed by atoms with Gasteiger partial charge >= 0.3 is 5.97 Å². The molecule has 0 spiro atoms. The maximum atomic E-state index is 10.5. The van der Waals surface area contributed by atoms with Gasteiger partial charge in [0, 0.05) is 39.8 Å². The van der Waals surface area contributed by atoms with Gasteiger partial charge < -0.3 is 10.0 Å². The molecule has 1 N–H and O–H groups in total. The SMILES string of the molecule is Cn1ncnc1CN1CCN(CCC(=O)O)CC1. The van der Waals surface area contributed by atoms with Crippen molar-refractivity contribution < 1.29 is 9.90 Å². The van der Waals surface area contributed by atoms with Gasteiger partial charge in [0.15, 0.2) is 0 Å². The fourth-order valence-corrected chi connectivity index (χ4v) is 2.09. The van der Waals surface area contributed by atoms with Gasteiger partial charge in [-0.3, -0.25) is 14.4 Å². The van der Waals surface area contributed by atoms with Gasteiger partial charge in [-0.05, 0) is 0 Å². The predicted octanol–water partition coefficient (Wildman–Crippen LogP) is -0.593. The molecule has 1 aromatic rings. The lowest BCUT2D eigenvalue weighted by Crippen LogP contribution is -2.46. The number of aliphatic carboxylic acids is 1. The maximum Gasteiger partial charge on any atom is 0.304 e. The summed E-state index contributed by atoms with van der Waals surface area (Å²) in [4.78, 5) is 19.2. The number of carboxylic acid groups (broad SMARTS) is 1. The van der Waals surface area contributed by atoms with Crippen molar-refractivity contribution in [2.24, 2.45) is 7.05 Å². The zero-order chi connectivity index (χ0) is 13.0. The van der Waals surface area contributed by atoms with E-state index in [9.17, 15) is 4.79 Å². The number of carbonyl (C=O) groups is 1. The molecule has 1 saturated heterocycles. The molecule has 7 nitrogen and oxygen atoms in total. The molecule has 1 aliphatic heterocycles. The lowest BCUT2D eigenvalue weighted by molar-refractivity contribution is -0.137. The van der Waals surface area contributed by atoms with Crippen LogP contribution < -0.4 is 0 Å². The summed E-state index contributed by atoms with van der Waals surface area (Å²) in [5, 5.41) is 12.7. The molecule has 0 bridgehead atoms. The van der Waals surface area contributed by atoms with E-state index in [0.717, 1.165) is 38.5 Å². The largest absolute Gasteiger partial charge is 0.481 e. The number of aryl methyl sites for hydroxylation is 1. The van der Waals surface area contributed by atoms with Gasteiger partial charge in [-0.2, -0.15) is 5.10 Å². The van der Waals surface area contributed by atoms with Crippen LogP contribution in [0, 0.1) is 0 Å². The first-order valence-corrected chi connectivity index (χ1v) is 6.14. The second-order valence-electron chi connectivity index (χ2n) is 4.56. The predicted molar refractivity (Wildman–Crippen MR) is 65.0 cm³/mol. The van der Waals surface area contributed by atoms with Crippen LogP contribution in [0.15, 0.2) is 6.33 Å². The third-order valence-corrected chi connectivity index (χ3v) is 3.28. The Balaban J connectivity index is 1.73. The Kier molecular flexibility index (Phi) is 4.27. The van der Waals surface area contributed by atoms with Gasteiger partial charge in [0.05, 0.1) is 13.0 Å². The van der Waals surface area contributed by atoms with Crippen LogP contribution in [0.4, 0.5) is 0 Å². The maximum absolute atomic E-state index is 10.5. The van der Waals surface area contributed by atoms with Crippen LogP contribution in [0.5, 0.6) is 0 Å². The van der Waals surface area contributed by atoms with E-state index in [1.807, 2.05) is 7.05 Å². The second kappa shape index (κ2) is 5.92. The summed E-state index contributed by atoms with van der Waals surface area (Å²) in [6.45, 7) is 5.20. The lowest BCUT2D eigenvalue weighted by atomic mass is 10.3. The summed E-state index contributed by atoms with van der Waals surface area (Å²) in [6, 6.07) is 0. The van der Waals surface area contributed by atoms with Crippen LogP contribution in [-0.4, -0.2) is 68.4 Å². The van der Waals surface area contributed by atoms with Crippen molar-refractivity contribution in [3.63, 3.8) is 0 Å². The zero-order valence-electron chi connectivity index (χ0n) is 10.6. The highest BCUT2D eigenvalue weighted by molar-refractivity contribution is 5.66. The normalized spacial score (nSPS) is 18.1. The molecule has 1 aromatic heterocycles. The van der Waals surface area contributed by atoms with Gasteiger partial charge in [-0.25, -0.2) is 4.98 Å². The summed E-state index contributed by atoms with van der Waals surface area (Å²) in [6.07, 6.45) is 1.79. The third-order valence-electron chi connectivity index (χ3n) is 3.28. The summed E-state index contributed by atoms with van der Waals surface area (Å²) in [5.74, 6) is 0.241. The van der Waals surface area contributed by atoms with E-state index in [2.05, 4.69) is 19.9 Å². The molecule has 7 heteroatoms. The van der Waals surface area contributed by atoms with Crippen LogP contribution in [0.3, 0.4) is 0 Å². The van der Waals surface area contributed by atoms with Crippen molar-refractivity contribution >= 4 is 5.97 Å². The first-order valence-electron chi connectivity index (χ1n) is 6.14. The number of aromatic nitrogens is 3. The van der Waals surface area contributed by atoms with Crippen molar-refractivity contribution in [3.05, 3.63) is 12.2 Å². The summed E-state index contributed by atoms with van der Waals surface area (Å²) < 4.78 is 1.79. The van der Waals surface area contributed by atoms with Crippen LogP contribution >= 0.6 is 0 Å². The number of nitrogens with zero attached hydrogens (tertiary/aromatic N) is 5. The molecule has 0 aliphatic carbocycles. The average Bonchev–Trinajstić information content (AvgIpc) is 2.74. The van der Waals surface area contributed by atoms with Crippen molar-refractivity contribution in [1.29, 1.82) is 0 Å². The molecule has 0 atom stereocenters. The molecule has 100 valence electrons. The van der Waals surface area contributed by atoms with Gasteiger partial charge in [-0.15, -0.1) is 0 Å². The van der Waals surface area contributed by atoms with Crippen molar-refractivity contribution in [3.8, 4) is 0 Å². The number of hydrogen-bond donors (Lipinski definition) is 1. The first-order chi connectivity index (χ1) is 8.65. The van der Waals surface area contributed by atoms with Crippen LogP contribution in [-0.2, 0) is 18.4 Å². The molecule has 2 heterocycles. The van der Waals surface area contributed by atoms with E-state index in [1.54, 1.807) is 11.0 Å². The highest BCUT2D eigenvalue weighted by Crippen LogP contribution is 2.06. The Morgan fingerprint density at radius 3 is 2.56 bits per heavy atom. The Bertz CT molecular complexity index is 398. The Morgan fingerprint density at radius 2 is 2.00 bits per heavy atom. The quantitative estimate of drug-likeness (QED) is 0.756. The van der Waals surface area contributed by atoms with Gasteiger partial charge in [0.25, 0.3) is 0 Å². The molecule has 0 aromatic carbocycles. The van der Waals surface area contributed by atoms with E-state index in [1.165, 1.54) is 0 Å².